The first kappa shape index (κ1) is 23.5. The summed E-state index contributed by atoms with van der Waals surface area (Å²) < 4.78 is 35.1. The Bertz CT molecular complexity index is 709. The van der Waals surface area contributed by atoms with Gasteiger partial charge in [0.15, 0.2) is 21.3 Å². The molecule has 0 aromatic heterocycles. The van der Waals surface area contributed by atoms with Crippen molar-refractivity contribution in [3.8, 4) is 11.5 Å². The third kappa shape index (κ3) is 7.17. The normalized spacial score (nSPS) is 14.9. The molecule has 1 amide bonds. The molecule has 0 unspecified atom stereocenters. The number of methoxy groups -OCH3 is 2. The molecule has 0 aliphatic carbocycles. The third-order valence-corrected chi connectivity index (χ3v) is 5.99. The van der Waals surface area contributed by atoms with E-state index in [1.54, 1.807) is 6.07 Å². The lowest BCUT2D eigenvalue weighted by atomic mass is 10.3. The zero-order chi connectivity index (χ0) is 19.0. The number of sulfone groups is 1. The van der Waals surface area contributed by atoms with E-state index in [2.05, 4.69) is 15.5 Å². The minimum atomic E-state index is -3.57. The molecular weight excluding hydrogens is 394 g/mol. The maximum absolute atomic E-state index is 12.4. The summed E-state index contributed by atoms with van der Waals surface area (Å²) in [5.74, 6) is 0.289. The van der Waals surface area contributed by atoms with E-state index in [1.165, 1.54) is 26.4 Å². The van der Waals surface area contributed by atoms with E-state index in [0.29, 0.717) is 18.0 Å². The molecule has 8 nitrogen and oxygen atoms in total. The zero-order valence-electron chi connectivity index (χ0n) is 15.7. The Morgan fingerprint density at radius 1 is 1.19 bits per heavy atom. The molecule has 0 saturated carbocycles. The van der Waals surface area contributed by atoms with Crippen molar-refractivity contribution in [3.05, 3.63) is 18.2 Å². The van der Waals surface area contributed by atoms with Crippen LogP contribution in [0.1, 0.15) is 6.42 Å². The van der Waals surface area contributed by atoms with Gasteiger partial charge < -0.3 is 20.1 Å². The largest absolute Gasteiger partial charge is 0.493 e. The summed E-state index contributed by atoms with van der Waals surface area (Å²) in [5.41, 5.74) is 0. The number of halogens is 1. The monoisotopic (exact) mass is 421 g/mol. The van der Waals surface area contributed by atoms with Gasteiger partial charge in [-0.25, -0.2) is 8.42 Å². The Kier molecular flexibility index (Phi) is 9.86. The van der Waals surface area contributed by atoms with Crippen molar-refractivity contribution >= 4 is 28.2 Å². The van der Waals surface area contributed by atoms with Crippen molar-refractivity contribution < 1.29 is 22.7 Å². The molecule has 1 heterocycles. The highest BCUT2D eigenvalue weighted by atomic mass is 35.5. The highest BCUT2D eigenvalue weighted by Gasteiger charge is 2.19. The quantitative estimate of drug-likeness (QED) is 0.592. The molecule has 1 saturated heterocycles. The Balaban J connectivity index is 0.00000364. The number of carbonyl (C=O) groups excluding carboxylic acids is 1. The summed E-state index contributed by atoms with van der Waals surface area (Å²) in [6, 6.07) is 4.41. The molecule has 0 spiro atoms. The van der Waals surface area contributed by atoms with E-state index in [0.717, 1.165) is 32.7 Å². The van der Waals surface area contributed by atoms with Crippen LogP contribution in [-0.2, 0) is 14.6 Å². The van der Waals surface area contributed by atoms with Crippen molar-refractivity contribution in [2.24, 2.45) is 0 Å². The predicted molar refractivity (Wildman–Crippen MR) is 106 cm³/mol. The van der Waals surface area contributed by atoms with E-state index in [-0.39, 0.29) is 35.4 Å². The number of ether oxygens (including phenoxy) is 2. The van der Waals surface area contributed by atoms with Crippen LogP contribution in [0, 0.1) is 0 Å². The maximum Gasteiger partial charge on any atom is 0.221 e. The average molecular weight is 422 g/mol. The Hall–Kier alpha value is -1.55. The Morgan fingerprint density at radius 2 is 1.85 bits per heavy atom. The fourth-order valence-electron chi connectivity index (χ4n) is 2.73. The number of nitrogens with zero attached hydrogens (tertiary/aromatic N) is 1. The van der Waals surface area contributed by atoms with Crippen LogP contribution in [0.15, 0.2) is 23.1 Å². The standard InChI is InChI=1S/C17H27N3O5S.ClH/c1-24-15-4-3-14(13-16(15)25-2)26(22,23)12-5-17(21)19-8-11-20-9-6-18-7-10-20;/h3-4,13,18H,5-12H2,1-2H3,(H,19,21);1H. The van der Waals surface area contributed by atoms with Crippen molar-refractivity contribution in [2.45, 2.75) is 11.3 Å². The van der Waals surface area contributed by atoms with Crippen LogP contribution in [0.5, 0.6) is 11.5 Å². The first-order chi connectivity index (χ1) is 12.5. The molecule has 27 heavy (non-hydrogen) atoms. The summed E-state index contributed by atoms with van der Waals surface area (Å²) in [5, 5.41) is 6.05. The highest BCUT2D eigenvalue weighted by Crippen LogP contribution is 2.29. The van der Waals surface area contributed by atoms with E-state index < -0.39 is 9.84 Å². The van der Waals surface area contributed by atoms with Crippen LogP contribution in [0.4, 0.5) is 0 Å². The fraction of sp³-hybridized carbons (Fsp3) is 0.588. The van der Waals surface area contributed by atoms with Crippen LogP contribution in [0.2, 0.25) is 0 Å². The smallest absolute Gasteiger partial charge is 0.221 e. The minimum absolute atomic E-state index is 0. The van der Waals surface area contributed by atoms with Gasteiger partial charge >= 0.3 is 0 Å². The second-order valence-corrected chi connectivity index (χ2v) is 8.14. The topological polar surface area (TPSA) is 97.0 Å². The van der Waals surface area contributed by atoms with Crippen LogP contribution in [-0.4, -0.2) is 78.5 Å². The van der Waals surface area contributed by atoms with E-state index >= 15 is 0 Å². The number of amides is 1. The predicted octanol–water partition coefficient (Wildman–Crippen LogP) is 0.311. The number of nitrogens with one attached hydrogen (secondary N) is 2. The fourth-order valence-corrected chi connectivity index (χ4v) is 3.98. The lowest BCUT2D eigenvalue weighted by Crippen LogP contribution is -2.46. The molecule has 0 radical (unpaired) electrons. The molecule has 1 aliphatic rings. The lowest BCUT2D eigenvalue weighted by Gasteiger charge is -2.27. The van der Waals surface area contributed by atoms with Gasteiger partial charge in [0.05, 0.1) is 24.9 Å². The number of piperazine rings is 1. The van der Waals surface area contributed by atoms with Crippen LogP contribution in [0.3, 0.4) is 0 Å². The van der Waals surface area contributed by atoms with Gasteiger partial charge in [0.25, 0.3) is 0 Å². The number of hydrogen-bond donors (Lipinski definition) is 2. The van der Waals surface area contributed by atoms with Crippen molar-refractivity contribution in [1.82, 2.24) is 15.5 Å². The van der Waals surface area contributed by atoms with E-state index in [4.69, 9.17) is 9.47 Å². The first-order valence-electron chi connectivity index (χ1n) is 8.61. The van der Waals surface area contributed by atoms with Crippen LogP contribution >= 0.6 is 12.4 Å². The first-order valence-corrected chi connectivity index (χ1v) is 10.3. The Labute approximate surface area is 166 Å². The molecule has 0 atom stereocenters. The van der Waals surface area contributed by atoms with Crippen molar-refractivity contribution in [3.63, 3.8) is 0 Å². The summed E-state index contributed by atoms with van der Waals surface area (Å²) in [6.07, 6.45) is -0.0712. The van der Waals surface area contributed by atoms with Crippen LogP contribution < -0.4 is 20.1 Å². The molecule has 1 aromatic carbocycles. The van der Waals surface area contributed by atoms with Gasteiger partial charge in [-0.05, 0) is 12.1 Å². The van der Waals surface area contributed by atoms with Gasteiger partial charge in [0.2, 0.25) is 5.91 Å². The van der Waals surface area contributed by atoms with Gasteiger partial charge in [-0.3, -0.25) is 9.69 Å². The highest BCUT2D eigenvalue weighted by molar-refractivity contribution is 7.91. The zero-order valence-corrected chi connectivity index (χ0v) is 17.3. The molecule has 10 heteroatoms. The SMILES string of the molecule is COc1ccc(S(=O)(=O)CCC(=O)NCCN2CCNCC2)cc1OC.Cl. The molecule has 2 rings (SSSR count). The van der Waals surface area contributed by atoms with Gasteiger partial charge in [0, 0.05) is 51.8 Å². The maximum atomic E-state index is 12.4. The second-order valence-electron chi connectivity index (χ2n) is 6.03. The number of carbonyl (C=O) groups is 1. The van der Waals surface area contributed by atoms with Gasteiger partial charge in [-0.1, -0.05) is 0 Å². The van der Waals surface area contributed by atoms with Crippen molar-refractivity contribution in [1.29, 1.82) is 0 Å². The molecule has 0 bridgehead atoms. The number of benzene rings is 1. The molecule has 1 fully saturated rings. The Morgan fingerprint density at radius 3 is 2.48 bits per heavy atom. The van der Waals surface area contributed by atoms with Crippen LogP contribution in [0.25, 0.3) is 0 Å². The van der Waals surface area contributed by atoms with E-state index in [9.17, 15) is 13.2 Å². The van der Waals surface area contributed by atoms with Gasteiger partial charge in [-0.15, -0.1) is 12.4 Å². The summed E-state index contributed by atoms with van der Waals surface area (Å²) in [4.78, 5) is 14.3. The minimum Gasteiger partial charge on any atom is -0.493 e. The van der Waals surface area contributed by atoms with Gasteiger partial charge in [-0.2, -0.15) is 0 Å². The summed E-state index contributed by atoms with van der Waals surface area (Å²) >= 11 is 0. The summed E-state index contributed by atoms with van der Waals surface area (Å²) in [6.45, 7) is 5.13. The van der Waals surface area contributed by atoms with E-state index in [1.807, 2.05) is 0 Å². The summed E-state index contributed by atoms with van der Waals surface area (Å²) in [7, 11) is -0.646. The molecule has 1 aliphatic heterocycles. The third-order valence-electron chi connectivity index (χ3n) is 4.27. The van der Waals surface area contributed by atoms with Gasteiger partial charge in [0.1, 0.15) is 0 Å². The molecule has 154 valence electrons. The second kappa shape index (κ2) is 11.3. The lowest BCUT2D eigenvalue weighted by molar-refractivity contribution is -0.120. The average Bonchev–Trinajstić information content (AvgIpc) is 2.66. The number of rotatable bonds is 9. The molecule has 1 aromatic rings. The molecule has 2 N–H and O–H groups in total. The molecular formula is C17H28ClN3O5S. The van der Waals surface area contributed by atoms with Crippen molar-refractivity contribution in [2.75, 3.05) is 59.2 Å². The number of hydrogen-bond acceptors (Lipinski definition) is 7.